The quantitative estimate of drug-likeness (QED) is 0.782. The van der Waals surface area contributed by atoms with Gasteiger partial charge in [0.25, 0.3) is 5.91 Å². The van der Waals surface area contributed by atoms with E-state index in [9.17, 15) is 4.79 Å². The van der Waals surface area contributed by atoms with Crippen LogP contribution in [0.4, 0.5) is 0 Å². The molecule has 5 nitrogen and oxygen atoms in total. The summed E-state index contributed by atoms with van der Waals surface area (Å²) in [4.78, 5) is 15.1. The van der Waals surface area contributed by atoms with Gasteiger partial charge >= 0.3 is 0 Å². The van der Waals surface area contributed by atoms with E-state index >= 15 is 0 Å². The molecule has 0 saturated carbocycles. The zero-order valence-electron chi connectivity index (χ0n) is 16.2. The number of benzene rings is 2. The summed E-state index contributed by atoms with van der Waals surface area (Å²) in [7, 11) is 0. The SMILES string of the molecule is O=C(c1ccccc1OCCOc1ccccc1)N1CC[C@@H]2CNC[C@@H]2CC1. The van der Waals surface area contributed by atoms with E-state index in [0.29, 0.717) is 36.4 Å². The average molecular weight is 380 g/mol. The van der Waals surface area contributed by atoms with Crippen LogP contribution in [0.25, 0.3) is 0 Å². The highest BCUT2D eigenvalue weighted by Crippen LogP contribution is 2.29. The Morgan fingerprint density at radius 1 is 0.893 bits per heavy atom. The lowest BCUT2D eigenvalue weighted by atomic mass is 9.92. The number of hydrogen-bond acceptors (Lipinski definition) is 4. The van der Waals surface area contributed by atoms with Crippen molar-refractivity contribution >= 4 is 5.91 Å². The number of carbonyl (C=O) groups excluding carboxylic acids is 1. The molecule has 28 heavy (non-hydrogen) atoms. The molecule has 0 bridgehead atoms. The van der Waals surface area contributed by atoms with Crippen LogP contribution in [0.5, 0.6) is 11.5 Å². The highest BCUT2D eigenvalue weighted by molar-refractivity contribution is 5.97. The molecule has 148 valence electrons. The molecule has 2 fully saturated rings. The third-order valence-corrected chi connectivity index (χ3v) is 5.78. The van der Waals surface area contributed by atoms with Crippen LogP contribution < -0.4 is 14.8 Å². The molecule has 0 radical (unpaired) electrons. The maximum absolute atomic E-state index is 13.1. The Kier molecular flexibility index (Phi) is 6.12. The number of nitrogens with zero attached hydrogens (tertiary/aromatic N) is 1. The molecule has 2 heterocycles. The molecule has 2 aliphatic rings. The van der Waals surface area contributed by atoms with Crippen LogP contribution in [0.3, 0.4) is 0 Å². The first-order valence-corrected chi connectivity index (χ1v) is 10.2. The second kappa shape index (κ2) is 9.11. The average Bonchev–Trinajstić information content (AvgIpc) is 3.10. The molecule has 0 unspecified atom stereocenters. The summed E-state index contributed by atoms with van der Waals surface area (Å²) >= 11 is 0. The first kappa shape index (κ1) is 18.8. The molecule has 2 saturated heterocycles. The molecule has 4 rings (SSSR count). The summed E-state index contributed by atoms with van der Waals surface area (Å²) in [6.07, 6.45) is 2.16. The van der Waals surface area contributed by atoms with Crippen LogP contribution in [0.1, 0.15) is 23.2 Å². The Balaban J connectivity index is 1.34. The molecule has 1 N–H and O–H groups in total. The zero-order valence-corrected chi connectivity index (χ0v) is 16.2. The lowest BCUT2D eigenvalue weighted by Crippen LogP contribution is -2.33. The summed E-state index contributed by atoms with van der Waals surface area (Å²) < 4.78 is 11.6. The molecule has 2 atom stereocenters. The lowest BCUT2D eigenvalue weighted by Gasteiger charge is -2.22. The van der Waals surface area contributed by atoms with Gasteiger partial charge in [0, 0.05) is 13.1 Å². The van der Waals surface area contributed by atoms with Gasteiger partial charge in [0.05, 0.1) is 5.56 Å². The number of para-hydroxylation sites is 2. The van der Waals surface area contributed by atoms with E-state index in [1.165, 1.54) is 0 Å². The van der Waals surface area contributed by atoms with Crippen molar-refractivity contribution in [2.24, 2.45) is 11.8 Å². The van der Waals surface area contributed by atoms with Gasteiger partial charge in [0.15, 0.2) is 0 Å². The van der Waals surface area contributed by atoms with Crippen molar-refractivity contribution in [3.8, 4) is 11.5 Å². The Morgan fingerprint density at radius 2 is 1.54 bits per heavy atom. The van der Waals surface area contributed by atoms with E-state index in [-0.39, 0.29) is 5.91 Å². The van der Waals surface area contributed by atoms with Crippen LogP contribution in [0.15, 0.2) is 54.6 Å². The highest BCUT2D eigenvalue weighted by Gasteiger charge is 2.32. The minimum atomic E-state index is 0.0764. The Morgan fingerprint density at radius 3 is 2.29 bits per heavy atom. The van der Waals surface area contributed by atoms with Gasteiger partial charge in [0.2, 0.25) is 0 Å². The third kappa shape index (κ3) is 4.47. The molecular formula is C23H28N2O3. The Labute approximate surface area is 166 Å². The van der Waals surface area contributed by atoms with Crippen LogP contribution in [0.2, 0.25) is 0 Å². The topological polar surface area (TPSA) is 50.8 Å². The molecule has 0 spiro atoms. The van der Waals surface area contributed by atoms with Crippen LogP contribution in [-0.2, 0) is 0 Å². The number of carbonyl (C=O) groups is 1. The van der Waals surface area contributed by atoms with Gasteiger partial charge in [-0.3, -0.25) is 4.79 Å². The number of hydrogen-bond donors (Lipinski definition) is 1. The van der Waals surface area contributed by atoms with Gasteiger partial charge < -0.3 is 19.7 Å². The van der Waals surface area contributed by atoms with Crippen molar-refractivity contribution < 1.29 is 14.3 Å². The zero-order chi connectivity index (χ0) is 19.2. The molecule has 2 aromatic carbocycles. The van der Waals surface area contributed by atoms with Crippen molar-refractivity contribution in [1.82, 2.24) is 10.2 Å². The van der Waals surface area contributed by atoms with Crippen molar-refractivity contribution in [2.75, 3.05) is 39.4 Å². The number of likely N-dealkylation sites (tertiary alicyclic amines) is 1. The number of ether oxygens (including phenoxy) is 2. The predicted octanol–water partition coefficient (Wildman–Crippen LogP) is 3.22. The van der Waals surface area contributed by atoms with Crippen molar-refractivity contribution in [3.63, 3.8) is 0 Å². The fourth-order valence-corrected chi connectivity index (χ4v) is 4.19. The monoisotopic (exact) mass is 380 g/mol. The maximum atomic E-state index is 13.1. The maximum Gasteiger partial charge on any atom is 0.257 e. The minimum absolute atomic E-state index is 0.0764. The normalized spacial score (nSPS) is 21.6. The standard InChI is InChI=1S/C23H28N2O3/c26-23(25-12-10-18-16-24-17-19(18)11-13-25)21-8-4-5-9-22(21)28-15-14-27-20-6-2-1-3-7-20/h1-9,18-19,24H,10-17H2/t18-,19+. The fourth-order valence-electron chi connectivity index (χ4n) is 4.19. The largest absolute Gasteiger partial charge is 0.490 e. The van der Waals surface area contributed by atoms with Crippen LogP contribution in [0, 0.1) is 11.8 Å². The number of amides is 1. The van der Waals surface area contributed by atoms with E-state index in [1.807, 2.05) is 59.5 Å². The summed E-state index contributed by atoms with van der Waals surface area (Å²) in [5.41, 5.74) is 0.646. The van der Waals surface area contributed by atoms with Gasteiger partial charge in [-0.1, -0.05) is 30.3 Å². The van der Waals surface area contributed by atoms with Gasteiger partial charge in [-0.05, 0) is 62.0 Å². The van der Waals surface area contributed by atoms with E-state index < -0.39 is 0 Å². The highest BCUT2D eigenvalue weighted by atomic mass is 16.5. The van der Waals surface area contributed by atoms with E-state index in [2.05, 4.69) is 5.32 Å². The lowest BCUT2D eigenvalue weighted by molar-refractivity contribution is 0.0753. The van der Waals surface area contributed by atoms with Gasteiger partial charge in [-0.15, -0.1) is 0 Å². The summed E-state index contributed by atoms with van der Waals surface area (Å²) in [5, 5.41) is 3.48. The second-order valence-electron chi connectivity index (χ2n) is 7.55. The molecule has 5 heteroatoms. The van der Waals surface area contributed by atoms with Crippen LogP contribution in [-0.4, -0.2) is 50.2 Å². The fraction of sp³-hybridized carbons (Fsp3) is 0.435. The van der Waals surface area contributed by atoms with Crippen molar-refractivity contribution in [1.29, 1.82) is 0 Å². The number of fused-ring (bicyclic) bond motifs is 1. The van der Waals surface area contributed by atoms with Crippen molar-refractivity contribution in [3.05, 3.63) is 60.2 Å². The molecule has 2 aromatic rings. The Bertz CT molecular complexity index is 766. The van der Waals surface area contributed by atoms with Gasteiger partial charge in [0.1, 0.15) is 24.7 Å². The second-order valence-corrected chi connectivity index (χ2v) is 7.55. The third-order valence-electron chi connectivity index (χ3n) is 5.78. The van der Waals surface area contributed by atoms with E-state index in [4.69, 9.17) is 9.47 Å². The van der Waals surface area contributed by atoms with E-state index in [1.54, 1.807) is 0 Å². The molecule has 0 aromatic heterocycles. The number of nitrogens with one attached hydrogen (secondary N) is 1. The molecule has 0 aliphatic carbocycles. The van der Waals surface area contributed by atoms with Gasteiger partial charge in [-0.25, -0.2) is 0 Å². The van der Waals surface area contributed by atoms with Gasteiger partial charge in [-0.2, -0.15) is 0 Å². The summed E-state index contributed by atoms with van der Waals surface area (Å²) in [6, 6.07) is 17.2. The molecule has 1 amide bonds. The van der Waals surface area contributed by atoms with Crippen molar-refractivity contribution in [2.45, 2.75) is 12.8 Å². The first-order valence-electron chi connectivity index (χ1n) is 10.2. The minimum Gasteiger partial charge on any atom is -0.490 e. The summed E-state index contributed by atoms with van der Waals surface area (Å²) in [6.45, 7) is 4.67. The summed E-state index contributed by atoms with van der Waals surface area (Å²) in [5.74, 6) is 2.95. The van der Waals surface area contributed by atoms with E-state index in [0.717, 1.165) is 44.8 Å². The first-order chi connectivity index (χ1) is 13.8. The molecule has 2 aliphatic heterocycles. The number of rotatable bonds is 6. The van der Waals surface area contributed by atoms with Crippen LogP contribution >= 0.6 is 0 Å². The predicted molar refractivity (Wildman–Crippen MR) is 109 cm³/mol. The smallest absolute Gasteiger partial charge is 0.257 e. The Hall–Kier alpha value is -2.53. The molecular weight excluding hydrogens is 352 g/mol.